The number of anilines is 1. The van der Waals surface area contributed by atoms with Crippen molar-refractivity contribution >= 4 is 11.6 Å². The second kappa shape index (κ2) is 5.49. The maximum absolute atomic E-state index is 13.5. The zero-order chi connectivity index (χ0) is 15.7. The molecule has 3 rings (SSSR count). The number of halogens is 1. The van der Waals surface area contributed by atoms with Gasteiger partial charge in [0.1, 0.15) is 11.6 Å². The van der Waals surface area contributed by atoms with Gasteiger partial charge in [0.15, 0.2) is 6.10 Å². The van der Waals surface area contributed by atoms with Crippen LogP contribution in [0.1, 0.15) is 18.1 Å². The van der Waals surface area contributed by atoms with Crippen LogP contribution in [0.5, 0.6) is 5.75 Å². The summed E-state index contributed by atoms with van der Waals surface area (Å²) in [7, 11) is 0. The van der Waals surface area contributed by atoms with Gasteiger partial charge in [-0.25, -0.2) is 4.39 Å². The summed E-state index contributed by atoms with van der Waals surface area (Å²) in [6.45, 7) is 1.97. The predicted octanol–water partition coefficient (Wildman–Crippen LogP) is 3.01. The molecule has 0 radical (unpaired) electrons. The van der Waals surface area contributed by atoms with E-state index >= 15 is 0 Å². The molecule has 0 N–H and O–H groups in total. The van der Waals surface area contributed by atoms with Crippen LogP contribution in [0.25, 0.3) is 0 Å². The number of hydrogen-bond acceptors (Lipinski definition) is 3. The second-order valence-electron chi connectivity index (χ2n) is 5.11. The Morgan fingerprint density at radius 1 is 1.27 bits per heavy atom. The molecule has 0 saturated carbocycles. The van der Waals surface area contributed by atoms with E-state index in [9.17, 15) is 9.18 Å². The number of ether oxygens (including phenoxy) is 1. The Bertz CT molecular complexity index is 765. The number of carbonyl (C=O) groups is 1. The van der Waals surface area contributed by atoms with Crippen LogP contribution in [-0.4, -0.2) is 12.0 Å². The van der Waals surface area contributed by atoms with Gasteiger partial charge in [-0.15, -0.1) is 0 Å². The molecule has 4 nitrogen and oxygen atoms in total. The van der Waals surface area contributed by atoms with Gasteiger partial charge in [0, 0.05) is 6.07 Å². The van der Waals surface area contributed by atoms with E-state index in [0.29, 0.717) is 23.5 Å². The summed E-state index contributed by atoms with van der Waals surface area (Å²) in [5, 5.41) is 8.81. The van der Waals surface area contributed by atoms with E-state index in [1.165, 1.54) is 23.1 Å². The van der Waals surface area contributed by atoms with E-state index < -0.39 is 11.9 Å². The molecule has 5 heteroatoms. The van der Waals surface area contributed by atoms with Crippen LogP contribution in [0, 0.1) is 17.1 Å². The van der Waals surface area contributed by atoms with Crippen molar-refractivity contribution in [2.75, 3.05) is 4.90 Å². The zero-order valence-electron chi connectivity index (χ0n) is 11.9. The molecule has 0 fully saturated rings. The van der Waals surface area contributed by atoms with Crippen LogP contribution >= 0.6 is 0 Å². The standard InChI is InChI=1S/C17H13FN2O2/c1-11-17(21)20(10-13-4-2-12(9-19)3-5-13)15-8-14(18)6-7-16(15)22-11/h2-8,11H,10H2,1H3/t11-/m0/s1. The van der Waals surface area contributed by atoms with E-state index in [1.807, 2.05) is 6.07 Å². The summed E-state index contributed by atoms with van der Waals surface area (Å²) in [6.07, 6.45) is -0.614. The fraction of sp³-hybridized carbons (Fsp3) is 0.176. The first-order valence-electron chi connectivity index (χ1n) is 6.85. The lowest BCUT2D eigenvalue weighted by atomic mass is 10.1. The average molecular weight is 296 g/mol. The van der Waals surface area contributed by atoms with Crippen molar-refractivity contribution in [2.24, 2.45) is 0 Å². The number of nitriles is 1. The molecule has 0 unspecified atom stereocenters. The van der Waals surface area contributed by atoms with Crippen molar-refractivity contribution in [3.05, 3.63) is 59.4 Å². The SMILES string of the molecule is C[C@@H]1Oc2ccc(F)cc2N(Cc2ccc(C#N)cc2)C1=O. The van der Waals surface area contributed by atoms with E-state index in [2.05, 4.69) is 0 Å². The Morgan fingerprint density at radius 3 is 2.68 bits per heavy atom. The first-order chi connectivity index (χ1) is 10.6. The van der Waals surface area contributed by atoms with Crippen molar-refractivity contribution in [3.8, 4) is 11.8 Å². The Kier molecular flexibility index (Phi) is 3.51. The number of nitrogens with zero attached hydrogens (tertiary/aromatic N) is 2. The van der Waals surface area contributed by atoms with Crippen LogP contribution in [0.15, 0.2) is 42.5 Å². The van der Waals surface area contributed by atoms with Crippen molar-refractivity contribution in [2.45, 2.75) is 19.6 Å². The molecule has 110 valence electrons. The van der Waals surface area contributed by atoms with Crippen molar-refractivity contribution < 1.29 is 13.9 Å². The maximum Gasteiger partial charge on any atom is 0.268 e. The van der Waals surface area contributed by atoms with Gasteiger partial charge in [-0.2, -0.15) is 5.26 Å². The van der Waals surface area contributed by atoms with E-state index in [0.717, 1.165) is 5.56 Å². The number of amides is 1. The molecule has 0 spiro atoms. The van der Waals surface area contributed by atoms with Crippen molar-refractivity contribution in [1.82, 2.24) is 0 Å². The highest BCUT2D eigenvalue weighted by Crippen LogP contribution is 2.35. The average Bonchev–Trinajstić information content (AvgIpc) is 2.53. The molecule has 0 aromatic heterocycles. The summed E-state index contributed by atoms with van der Waals surface area (Å²) in [4.78, 5) is 13.9. The number of carbonyl (C=O) groups excluding carboxylic acids is 1. The lowest BCUT2D eigenvalue weighted by Crippen LogP contribution is -2.44. The smallest absolute Gasteiger partial charge is 0.268 e. The van der Waals surface area contributed by atoms with Crippen LogP contribution in [0.3, 0.4) is 0 Å². The topological polar surface area (TPSA) is 53.3 Å². The fourth-order valence-corrected chi connectivity index (χ4v) is 2.41. The van der Waals surface area contributed by atoms with Gasteiger partial charge in [0.05, 0.1) is 23.9 Å². The minimum Gasteiger partial charge on any atom is -0.479 e. The Hall–Kier alpha value is -2.87. The van der Waals surface area contributed by atoms with Gasteiger partial charge in [-0.1, -0.05) is 12.1 Å². The summed E-state index contributed by atoms with van der Waals surface area (Å²) in [6, 6.07) is 13.1. The third-order valence-electron chi connectivity index (χ3n) is 3.55. The fourth-order valence-electron chi connectivity index (χ4n) is 2.41. The highest BCUT2D eigenvalue weighted by molar-refractivity contribution is 5.99. The van der Waals surface area contributed by atoms with E-state index in [1.54, 1.807) is 31.2 Å². The summed E-state index contributed by atoms with van der Waals surface area (Å²) >= 11 is 0. The highest BCUT2D eigenvalue weighted by atomic mass is 19.1. The molecule has 1 aliphatic heterocycles. The van der Waals surface area contributed by atoms with Gasteiger partial charge in [-0.05, 0) is 36.8 Å². The van der Waals surface area contributed by atoms with Crippen LogP contribution < -0.4 is 9.64 Å². The minimum atomic E-state index is -0.614. The molecule has 2 aromatic rings. The number of benzene rings is 2. The summed E-state index contributed by atoms with van der Waals surface area (Å²) in [5.41, 5.74) is 1.83. The molecular formula is C17H13FN2O2. The van der Waals surface area contributed by atoms with E-state index in [4.69, 9.17) is 10.00 Å². The van der Waals surface area contributed by atoms with Crippen LogP contribution in [0.2, 0.25) is 0 Å². The predicted molar refractivity (Wildman–Crippen MR) is 78.8 cm³/mol. The molecule has 1 atom stereocenters. The molecular weight excluding hydrogens is 283 g/mol. The second-order valence-corrected chi connectivity index (χ2v) is 5.11. The van der Waals surface area contributed by atoms with Gasteiger partial charge in [-0.3, -0.25) is 4.79 Å². The Balaban J connectivity index is 1.96. The van der Waals surface area contributed by atoms with E-state index in [-0.39, 0.29) is 5.91 Å². The number of rotatable bonds is 2. The highest BCUT2D eigenvalue weighted by Gasteiger charge is 2.31. The molecule has 2 aromatic carbocycles. The lowest BCUT2D eigenvalue weighted by Gasteiger charge is -2.33. The molecule has 0 bridgehead atoms. The van der Waals surface area contributed by atoms with Crippen molar-refractivity contribution in [1.29, 1.82) is 5.26 Å². The Labute approximate surface area is 127 Å². The largest absolute Gasteiger partial charge is 0.479 e. The van der Waals surface area contributed by atoms with Crippen LogP contribution in [-0.2, 0) is 11.3 Å². The van der Waals surface area contributed by atoms with Gasteiger partial charge < -0.3 is 9.64 Å². The third kappa shape index (κ3) is 2.51. The molecule has 1 amide bonds. The third-order valence-corrected chi connectivity index (χ3v) is 3.55. The van der Waals surface area contributed by atoms with Gasteiger partial charge in [0.25, 0.3) is 5.91 Å². The monoisotopic (exact) mass is 296 g/mol. The summed E-state index contributed by atoms with van der Waals surface area (Å²) in [5.74, 6) is -0.154. The number of fused-ring (bicyclic) bond motifs is 1. The van der Waals surface area contributed by atoms with Crippen molar-refractivity contribution in [3.63, 3.8) is 0 Å². The molecule has 1 heterocycles. The normalized spacial score (nSPS) is 16.7. The first-order valence-corrected chi connectivity index (χ1v) is 6.85. The first kappa shape index (κ1) is 14.1. The lowest BCUT2D eigenvalue weighted by molar-refractivity contribution is -0.125. The summed E-state index contributed by atoms with van der Waals surface area (Å²) < 4.78 is 19.0. The molecule has 0 aliphatic carbocycles. The Morgan fingerprint density at radius 2 is 2.00 bits per heavy atom. The van der Waals surface area contributed by atoms with Crippen LogP contribution in [0.4, 0.5) is 10.1 Å². The molecule has 22 heavy (non-hydrogen) atoms. The minimum absolute atomic E-state index is 0.220. The maximum atomic E-state index is 13.5. The number of hydrogen-bond donors (Lipinski definition) is 0. The van der Waals surface area contributed by atoms with Gasteiger partial charge >= 0.3 is 0 Å². The molecule has 1 aliphatic rings. The van der Waals surface area contributed by atoms with Gasteiger partial charge in [0.2, 0.25) is 0 Å². The zero-order valence-corrected chi connectivity index (χ0v) is 11.9. The quantitative estimate of drug-likeness (QED) is 0.856. The molecule has 0 saturated heterocycles.